The summed E-state index contributed by atoms with van der Waals surface area (Å²) in [5.41, 5.74) is 0.0822. The predicted molar refractivity (Wildman–Crippen MR) is 58.7 cm³/mol. The SMILES string of the molecule is O=C(O)c1ccnnc1Nc1ccccc1F. The van der Waals surface area contributed by atoms with E-state index in [1.807, 2.05) is 0 Å². The van der Waals surface area contributed by atoms with Gasteiger partial charge in [-0.2, -0.15) is 5.10 Å². The highest BCUT2D eigenvalue weighted by atomic mass is 19.1. The lowest BCUT2D eigenvalue weighted by Crippen LogP contribution is -2.06. The Bertz CT molecular complexity index is 560. The van der Waals surface area contributed by atoms with Crippen molar-refractivity contribution in [3.05, 3.63) is 47.9 Å². The van der Waals surface area contributed by atoms with Crippen molar-refractivity contribution in [1.82, 2.24) is 10.2 Å². The van der Waals surface area contributed by atoms with Crippen LogP contribution in [0.25, 0.3) is 0 Å². The van der Waals surface area contributed by atoms with Crippen LogP contribution in [0.4, 0.5) is 15.9 Å². The molecule has 2 aromatic rings. The molecule has 0 bridgehead atoms. The molecule has 0 aliphatic carbocycles. The first-order valence-corrected chi connectivity index (χ1v) is 4.75. The van der Waals surface area contributed by atoms with Gasteiger partial charge in [-0.05, 0) is 18.2 Å². The molecule has 5 nitrogen and oxygen atoms in total. The Labute approximate surface area is 95.9 Å². The van der Waals surface area contributed by atoms with Gasteiger partial charge in [-0.15, -0.1) is 5.10 Å². The zero-order chi connectivity index (χ0) is 12.3. The minimum Gasteiger partial charge on any atom is -0.478 e. The molecule has 1 heterocycles. The summed E-state index contributed by atoms with van der Waals surface area (Å²) >= 11 is 0. The Hall–Kier alpha value is -2.50. The molecule has 0 saturated carbocycles. The normalized spacial score (nSPS) is 9.94. The van der Waals surface area contributed by atoms with Gasteiger partial charge >= 0.3 is 5.97 Å². The van der Waals surface area contributed by atoms with Crippen LogP contribution in [0.1, 0.15) is 10.4 Å². The lowest BCUT2D eigenvalue weighted by atomic mass is 10.2. The van der Waals surface area contributed by atoms with E-state index in [1.165, 1.54) is 30.5 Å². The molecule has 0 atom stereocenters. The summed E-state index contributed by atoms with van der Waals surface area (Å²) in [5.74, 6) is -1.64. The molecule has 2 rings (SSSR count). The van der Waals surface area contributed by atoms with E-state index < -0.39 is 11.8 Å². The number of carbonyl (C=O) groups is 1. The van der Waals surface area contributed by atoms with Gasteiger partial charge in [-0.25, -0.2) is 9.18 Å². The third kappa shape index (κ3) is 2.36. The minimum absolute atomic E-state index is 0.00472. The molecule has 0 unspecified atom stereocenters. The van der Waals surface area contributed by atoms with Crippen LogP contribution in [0.2, 0.25) is 0 Å². The lowest BCUT2D eigenvalue weighted by Gasteiger charge is -2.07. The maximum Gasteiger partial charge on any atom is 0.339 e. The molecule has 0 aliphatic heterocycles. The van der Waals surface area contributed by atoms with E-state index in [9.17, 15) is 9.18 Å². The largest absolute Gasteiger partial charge is 0.478 e. The molecular weight excluding hydrogens is 225 g/mol. The summed E-state index contributed by atoms with van der Waals surface area (Å²) in [6, 6.07) is 7.20. The van der Waals surface area contributed by atoms with E-state index in [0.717, 1.165) is 0 Å². The molecule has 0 radical (unpaired) electrons. The van der Waals surface area contributed by atoms with Crippen LogP contribution in [-0.4, -0.2) is 21.3 Å². The summed E-state index contributed by atoms with van der Waals surface area (Å²) in [6.45, 7) is 0. The highest BCUT2D eigenvalue weighted by Gasteiger charge is 2.12. The van der Waals surface area contributed by atoms with Crippen LogP contribution in [0, 0.1) is 5.82 Å². The van der Waals surface area contributed by atoms with E-state index in [4.69, 9.17) is 5.11 Å². The van der Waals surface area contributed by atoms with Gasteiger partial charge in [0, 0.05) is 0 Å². The van der Waals surface area contributed by atoms with Crippen LogP contribution in [-0.2, 0) is 0 Å². The van der Waals surface area contributed by atoms with Gasteiger partial charge in [0.2, 0.25) is 0 Å². The van der Waals surface area contributed by atoms with Crippen LogP contribution in [0.5, 0.6) is 0 Å². The maximum atomic E-state index is 13.3. The van der Waals surface area contributed by atoms with E-state index in [-0.39, 0.29) is 17.1 Å². The van der Waals surface area contributed by atoms with E-state index in [2.05, 4.69) is 15.5 Å². The van der Waals surface area contributed by atoms with Gasteiger partial charge in [0.25, 0.3) is 0 Å². The third-order valence-electron chi connectivity index (χ3n) is 2.08. The third-order valence-corrected chi connectivity index (χ3v) is 2.08. The van der Waals surface area contributed by atoms with E-state index in [1.54, 1.807) is 6.07 Å². The Morgan fingerprint density at radius 1 is 1.29 bits per heavy atom. The molecule has 1 aromatic heterocycles. The quantitative estimate of drug-likeness (QED) is 0.848. The highest BCUT2D eigenvalue weighted by Crippen LogP contribution is 2.20. The van der Waals surface area contributed by atoms with Crippen molar-refractivity contribution in [2.24, 2.45) is 0 Å². The minimum atomic E-state index is -1.15. The van der Waals surface area contributed by atoms with Crippen molar-refractivity contribution in [1.29, 1.82) is 0 Å². The first kappa shape index (κ1) is 11.0. The number of hydrogen-bond acceptors (Lipinski definition) is 4. The second-order valence-electron chi connectivity index (χ2n) is 3.20. The van der Waals surface area contributed by atoms with Crippen LogP contribution in [0.15, 0.2) is 36.5 Å². The Kier molecular flexibility index (Phi) is 2.95. The lowest BCUT2D eigenvalue weighted by molar-refractivity contribution is 0.0697. The molecule has 2 N–H and O–H groups in total. The van der Waals surface area contributed by atoms with Gasteiger partial charge in [-0.3, -0.25) is 0 Å². The number of nitrogens with zero attached hydrogens (tertiary/aromatic N) is 2. The smallest absolute Gasteiger partial charge is 0.339 e. The fourth-order valence-electron chi connectivity index (χ4n) is 1.29. The molecule has 6 heteroatoms. The molecule has 86 valence electrons. The fourth-order valence-corrected chi connectivity index (χ4v) is 1.29. The average Bonchev–Trinajstić information content (AvgIpc) is 2.32. The second-order valence-corrected chi connectivity index (χ2v) is 3.20. The molecule has 0 aliphatic rings. The van der Waals surface area contributed by atoms with Crippen molar-refractivity contribution < 1.29 is 14.3 Å². The summed E-state index contributed by atoms with van der Waals surface area (Å²) in [4.78, 5) is 10.9. The van der Waals surface area contributed by atoms with Gasteiger partial charge in [0.15, 0.2) is 5.82 Å². The summed E-state index contributed by atoms with van der Waals surface area (Å²) in [6.07, 6.45) is 1.26. The number of rotatable bonds is 3. The Morgan fingerprint density at radius 3 is 2.76 bits per heavy atom. The number of hydrogen-bond donors (Lipinski definition) is 2. The fraction of sp³-hybridized carbons (Fsp3) is 0. The standard InChI is InChI=1S/C11H8FN3O2/c12-8-3-1-2-4-9(8)14-10-7(11(16)17)5-6-13-15-10/h1-6H,(H,14,15)(H,16,17). The van der Waals surface area contributed by atoms with E-state index in [0.29, 0.717) is 0 Å². The Balaban J connectivity index is 2.37. The van der Waals surface area contributed by atoms with Crippen molar-refractivity contribution in [3.63, 3.8) is 0 Å². The van der Waals surface area contributed by atoms with Crippen molar-refractivity contribution >= 4 is 17.5 Å². The number of benzene rings is 1. The van der Waals surface area contributed by atoms with Crippen molar-refractivity contribution in [3.8, 4) is 0 Å². The summed E-state index contributed by atoms with van der Waals surface area (Å²) < 4.78 is 13.3. The monoisotopic (exact) mass is 233 g/mol. The number of carboxylic acids is 1. The molecule has 17 heavy (non-hydrogen) atoms. The average molecular weight is 233 g/mol. The zero-order valence-electron chi connectivity index (χ0n) is 8.59. The molecule has 0 amide bonds. The zero-order valence-corrected chi connectivity index (χ0v) is 8.59. The van der Waals surface area contributed by atoms with E-state index >= 15 is 0 Å². The molecule has 1 aromatic carbocycles. The van der Waals surface area contributed by atoms with Crippen LogP contribution >= 0.6 is 0 Å². The van der Waals surface area contributed by atoms with Gasteiger partial charge in [-0.1, -0.05) is 12.1 Å². The first-order chi connectivity index (χ1) is 8.18. The van der Waals surface area contributed by atoms with Crippen LogP contribution in [0.3, 0.4) is 0 Å². The summed E-state index contributed by atoms with van der Waals surface area (Å²) in [7, 11) is 0. The van der Waals surface area contributed by atoms with Gasteiger partial charge < -0.3 is 10.4 Å². The van der Waals surface area contributed by atoms with Gasteiger partial charge in [0.1, 0.15) is 11.4 Å². The first-order valence-electron chi connectivity index (χ1n) is 4.75. The number of carboxylic acid groups (broad SMARTS) is 1. The summed E-state index contributed by atoms with van der Waals surface area (Å²) in [5, 5.41) is 18.7. The maximum absolute atomic E-state index is 13.3. The number of para-hydroxylation sites is 1. The number of aromatic carboxylic acids is 1. The highest BCUT2D eigenvalue weighted by molar-refractivity contribution is 5.93. The van der Waals surface area contributed by atoms with Gasteiger partial charge in [0.05, 0.1) is 11.9 Å². The number of anilines is 2. The topological polar surface area (TPSA) is 75.1 Å². The van der Waals surface area contributed by atoms with Crippen LogP contribution < -0.4 is 5.32 Å². The van der Waals surface area contributed by atoms with Crippen molar-refractivity contribution in [2.75, 3.05) is 5.32 Å². The molecular formula is C11H8FN3O2. The predicted octanol–water partition coefficient (Wildman–Crippen LogP) is 2.06. The number of halogens is 1. The molecule has 0 spiro atoms. The molecule has 0 saturated heterocycles. The number of aromatic nitrogens is 2. The number of nitrogens with one attached hydrogen (secondary N) is 1. The Morgan fingerprint density at radius 2 is 2.06 bits per heavy atom. The molecule has 0 fully saturated rings. The van der Waals surface area contributed by atoms with Crippen molar-refractivity contribution in [2.45, 2.75) is 0 Å². The second kappa shape index (κ2) is 4.56.